The lowest BCUT2D eigenvalue weighted by atomic mass is 10.2. The quantitative estimate of drug-likeness (QED) is 0.755. The maximum Gasteiger partial charge on any atom is 0.240 e. The summed E-state index contributed by atoms with van der Waals surface area (Å²) in [5, 5.41) is 6.23. The summed E-state index contributed by atoms with van der Waals surface area (Å²) in [5.41, 5.74) is 1.14. The summed E-state index contributed by atoms with van der Waals surface area (Å²) in [6, 6.07) is 4.26. The zero-order valence-electron chi connectivity index (χ0n) is 11.0. The van der Waals surface area contributed by atoms with Gasteiger partial charge in [-0.25, -0.2) is 0 Å². The van der Waals surface area contributed by atoms with Crippen molar-refractivity contribution in [3.05, 3.63) is 24.0 Å². The van der Waals surface area contributed by atoms with Gasteiger partial charge in [-0.1, -0.05) is 13.8 Å². The van der Waals surface area contributed by atoms with Gasteiger partial charge in [-0.15, -0.1) is 0 Å². The first-order valence-corrected chi connectivity index (χ1v) is 6.31. The molecule has 4 nitrogen and oxygen atoms in total. The molecule has 0 aromatic carbocycles. The molecule has 0 fully saturated rings. The molecule has 0 bridgehead atoms. The van der Waals surface area contributed by atoms with Crippen molar-refractivity contribution >= 4 is 5.91 Å². The molecule has 17 heavy (non-hydrogen) atoms. The van der Waals surface area contributed by atoms with Crippen LogP contribution in [0.25, 0.3) is 0 Å². The molecule has 96 valence electrons. The van der Waals surface area contributed by atoms with Crippen LogP contribution >= 0.6 is 0 Å². The Morgan fingerprint density at radius 1 is 1.47 bits per heavy atom. The molecule has 1 unspecified atom stereocenters. The van der Waals surface area contributed by atoms with Crippen LogP contribution in [-0.2, 0) is 17.9 Å². The Morgan fingerprint density at radius 2 is 2.24 bits per heavy atom. The van der Waals surface area contributed by atoms with Crippen LogP contribution in [0.3, 0.4) is 0 Å². The minimum atomic E-state index is 0.0771. The van der Waals surface area contributed by atoms with E-state index in [4.69, 9.17) is 0 Å². The lowest BCUT2D eigenvalue weighted by molar-refractivity contribution is -0.122. The second-order valence-corrected chi connectivity index (χ2v) is 4.28. The smallest absolute Gasteiger partial charge is 0.240 e. The average Bonchev–Trinajstić information content (AvgIpc) is 2.73. The van der Waals surface area contributed by atoms with Crippen molar-refractivity contribution in [2.24, 2.45) is 0 Å². The molecule has 1 amide bonds. The maximum atomic E-state index is 11.8. The van der Waals surface area contributed by atoms with E-state index in [9.17, 15) is 4.79 Å². The van der Waals surface area contributed by atoms with E-state index in [1.54, 1.807) is 0 Å². The van der Waals surface area contributed by atoms with Crippen LogP contribution in [-0.4, -0.2) is 23.1 Å². The minimum Gasteiger partial charge on any atom is -0.352 e. The van der Waals surface area contributed by atoms with Crippen LogP contribution < -0.4 is 10.6 Å². The van der Waals surface area contributed by atoms with Gasteiger partial charge in [0.05, 0.1) is 0 Å². The van der Waals surface area contributed by atoms with Gasteiger partial charge in [-0.05, 0) is 32.0 Å². The highest BCUT2D eigenvalue weighted by Crippen LogP contribution is 2.02. The van der Waals surface area contributed by atoms with Crippen molar-refractivity contribution in [2.45, 2.75) is 46.3 Å². The Morgan fingerprint density at radius 3 is 2.88 bits per heavy atom. The molecule has 1 aromatic rings. The second-order valence-electron chi connectivity index (χ2n) is 4.28. The molecule has 1 atom stereocenters. The van der Waals surface area contributed by atoms with Gasteiger partial charge in [0.15, 0.2) is 0 Å². The van der Waals surface area contributed by atoms with E-state index in [1.807, 2.05) is 29.8 Å². The van der Waals surface area contributed by atoms with Crippen LogP contribution in [0.5, 0.6) is 0 Å². The van der Waals surface area contributed by atoms with Gasteiger partial charge in [-0.3, -0.25) is 4.79 Å². The van der Waals surface area contributed by atoms with Crippen LogP contribution in [0.15, 0.2) is 18.3 Å². The van der Waals surface area contributed by atoms with Crippen molar-refractivity contribution < 1.29 is 4.79 Å². The van der Waals surface area contributed by atoms with Gasteiger partial charge in [0.25, 0.3) is 0 Å². The van der Waals surface area contributed by atoms with Crippen molar-refractivity contribution in [1.82, 2.24) is 15.2 Å². The number of hydrogen-bond acceptors (Lipinski definition) is 2. The minimum absolute atomic E-state index is 0.0771. The first-order chi connectivity index (χ1) is 8.17. The number of hydrogen-bond donors (Lipinski definition) is 2. The normalized spacial score (nSPS) is 12.4. The van der Waals surface area contributed by atoms with E-state index in [2.05, 4.69) is 24.5 Å². The highest BCUT2D eigenvalue weighted by Gasteiger charge is 2.08. The third-order valence-electron chi connectivity index (χ3n) is 2.81. The van der Waals surface area contributed by atoms with E-state index in [0.29, 0.717) is 6.54 Å². The third kappa shape index (κ3) is 4.61. The molecule has 0 aliphatic carbocycles. The summed E-state index contributed by atoms with van der Waals surface area (Å²) >= 11 is 0. The molecule has 0 spiro atoms. The molecule has 0 saturated heterocycles. The van der Waals surface area contributed by atoms with E-state index in [-0.39, 0.29) is 11.9 Å². The van der Waals surface area contributed by atoms with Crippen LogP contribution in [0, 0.1) is 0 Å². The van der Waals surface area contributed by atoms with E-state index in [1.165, 1.54) is 0 Å². The molecule has 0 saturated carbocycles. The molecule has 4 heteroatoms. The van der Waals surface area contributed by atoms with Crippen LogP contribution in [0.4, 0.5) is 0 Å². The Bertz CT molecular complexity index is 346. The zero-order chi connectivity index (χ0) is 12.7. The summed E-state index contributed by atoms with van der Waals surface area (Å²) in [4.78, 5) is 11.8. The highest BCUT2D eigenvalue weighted by atomic mass is 16.2. The molecular weight excluding hydrogens is 214 g/mol. The maximum absolute atomic E-state index is 11.8. The van der Waals surface area contributed by atoms with Gasteiger partial charge >= 0.3 is 0 Å². The largest absolute Gasteiger partial charge is 0.352 e. The first-order valence-electron chi connectivity index (χ1n) is 6.31. The Hall–Kier alpha value is -1.29. The number of carbonyl (C=O) groups excluding carboxylic acids is 1. The molecule has 1 rings (SSSR count). The number of aromatic nitrogens is 1. The predicted molar refractivity (Wildman–Crippen MR) is 69.7 cm³/mol. The summed E-state index contributed by atoms with van der Waals surface area (Å²) < 4.78 is 1.99. The van der Waals surface area contributed by atoms with E-state index >= 15 is 0 Å². The molecule has 1 aromatic heterocycles. The van der Waals surface area contributed by atoms with Gasteiger partial charge in [0.1, 0.15) is 6.54 Å². The van der Waals surface area contributed by atoms with Crippen LogP contribution in [0.2, 0.25) is 0 Å². The monoisotopic (exact) mass is 237 g/mol. The summed E-state index contributed by atoms with van der Waals surface area (Å²) in [7, 11) is 0. The van der Waals surface area contributed by atoms with Crippen molar-refractivity contribution in [3.8, 4) is 0 Å². The highest BCUT2D eigenvalue weighted by molar-refractivity contribution is 5.76. The lowest BCUT2D eigenvalue weighted by Gasteiger charge is -2.13. The fraction of sp³-hybridized carbons (Fsp3) is 0.615. The van der Waals surface area contributed by atoms with E-state index in [0.717, 1.165) is 25.2 Å². The number of amides is 1. The molecule has 1 heterocycles. The lowest BCUT2D eigenvalue weighted by Crippen LogP contribution is -2.35. The molecular formula is C13H23N3O. The standard InChI is InChI=1S/C13H23N3O/c1-4-11(3)15-13(17)10-16-8-6-7-12(16)9-14-5-2/h6-8,11,14H,4-5,9-10H2,1-3H3,(H,15,17). The van der Waals surface area contributed by atoms with Gasteiger partial charge in [0.2, 0.25) is 5.91 Å². The Kier molecular flexibility index (Phi) is 5.77. The first kappa shape index (κ1) is 13.8. The Labute approximate surface area is 103 Å². The molecule has 0 aliphatic rings. The average molecular weight is 237 g/mol. The number of nitrogens with zero attached hydrogens (tertiary/aromatic N) is 1. The van der Waals surface area contributed by atoms with Crippen LogP contribution in [0.1, 0.15) is 32.9 Å². The third-order valence-corrected chi connectivity index (χ3v) is 2.81. The Balaban J connectivity index is 2.50. The van der Waals surface area contributed by atoms with Gasteiger partial charge in [0, 0.05) is 24.5 Å². The topological polar surface area (TPSA) is 46.1 Å². The zero-order valence-corrected chi connectivity index (χ0v) is 11.0. The molecule has 2 N–H and O–H groups in total. The second kappa shape index (κ2) is 7.12. The fourth-order valence-corrected chi connectivity index (χ4v) is 1.59. The fourth-order valence-electron chi connectivity index (χ4n) is 1.59. The number of rotatable bonds is 7. The molecule has 0 radical (unpaired) electrons. The predicted octanol–water partition coefficient (Wildman–Crippen LogP) is 1.51. The van der Waals surface area contributed by atoms with Crippen molar-refractivity contribution in [2.75, 3.05) is 6.54 Å². The summed E-state index contributed by atoms with van der Waals surface area (Å²) in [6.45, 7) is 8.30. The van der Waals surface area contributed by atoms with Crippen molar-refractivity contribution in [3.63, 3.8) is 0 Å². The number of nitrogens with one attached hydrogen (secondary N) is 2. The van der Waals surface area contributed by atoms with E-state index < -0.39 is 0 Å². The van der Waals surface area contributed by atoms with Gasteiger partial charge < -0.3 is 15.2 Å². The number of carbonyl (C=O) groups is 1. The summed E-state index contributed by atoms with van der Waals surface area (Å²) in [6.07, 6.45) is 2.91. The SMILES string of the molecule is CCNCc1cccn1CC(=O)NC(C)CC. The summed E-state index contributed by atoms with van der Waals surface area (Å²) in [5.74, 6) is 0.0771. The van der Waals surface area contributed by atoms with Crippen molar-refractivity contribution in [1.29, 1.82) is 0 Å². The molecule has 0 aliphatic heterocycles. The van der Waals surface area contributed by atoms with Gasteiger partial charge in [-0.2, -0.15) is 0 Å².